The summed E-state index contributed by atoms with van der Waals surface area (Å²) in [7, 11) is 0. The number of aromatic hydroxyl groups is 1. The Morgan fingerprint density at radius 1 is 1.29 bits per heavy atom. The van der Waals surface area contributed by atoms with Crippen LogP contribution < -0.4 is 4.74 Å². The van der Waals surface area contributed by atoms with E-state index >= 15 is 0 Å². The van der Waals surface area contributed by atoms with Crippen LogP contribution in [-0.2, 0) is 5.41 Å². The van der Waals surface area contributed by atoms with Crippen LogP contribution in [0.3, 0.4) is 0 Å². The molecule has 14 heavy (non-hydrogen) atoms. The molecule has 0 aliphatic rings. The molecule has 0 amide bonds. The molecule has 0 aliphatic carbocycles. The number of benzene rings is 1. The molecule has 0 spiro atoms. The van der Waals surface area contributed by atoms with Gasteiger partial charge in [0.05, 0.1) is 6.61 Å². The number of phenolic OH excluding ortho intramolecular Hbond substituents is 1. The van der Waals surface area contributed by atoms with Gasteiger partial charge in [-0.1, -0.05) is 20.8 Å². The Morgan fingerprint density at radius 3 is 2.43 bits per heavy atom. The van der Waals surface area contributed by atoms with Gasteiger partial charge in [0.15, 0.2) is 0 Å². The molecule has 0 bridgehead atoms. The van der Waals surface area contributed by atoms with Crippen molar-refractivity contribution in [2.24, 2.45) is 0 Å². The number of hydrogen-bond donors (Lipinski definition) is 1. The van der Waals surface area contributed by atoms with E-state index in [4.69, 9.17) is 4.74 Å². The first-order valence-electron chi connectivity index (χ1n) is 4.91. The molecule has 78 valence electrons. The summed E-state index contributed by atoms with van der Waals surface area (Å²) in [6.07, 6.45) is 0. The fourth-order valence-electron chi connectivity index (χ4n) is 1.39. The second-order valence-corrected chi connectivity index (χ2v) is 4.36. The van der Waals surface area contributed by atoms with E-state index in [0.29, 0.717) is 12.4 Å². The Bertz CT molecular complexity index is 311. The van der Waals surface area contributed by atoms with Crippen molar-refractivity contribution in [3.63, 3.8) is 0 Å². The molecule has 0 fully saturated rings. The van der Waals surface area contributed by atoms with Crippen molar-refractivity contribution < 1.29 is 9.84 Å². The van der Waals surface area contributed by atoms with Gasteiger partial charge in [-0.25, -0.2) is 0 Å². The second-order valence-electron chi connectivity index (χ2n) is 4.36. The van der Waals surface area contributed by atoms with E-state index in [0.717, 1.165) is 11.3 Å². The molecule has 0 saturated heterocycles. The number of rotatable bonds is 2. The maximum absolute atomic E-state index is 9.41. The molecule has 1 N–H and O–H groups in total. The minimum atomic E-state index is -0.0107. The van der Waals surface area contributed by atoms with Crippen LogP contribution in [0.25, 0.3) is 0 Å². The van der Waals surface area contributed by atoms with Crippen LogP contribution in [0.4, 0.5) is 0 Å². The van der Waals surface area contributed by atoms with E-state index in [2.05, 4.69) is 20.8 Å². The lowest BCUT2D eigenvalue weighted by molar-refractivity contribution is 0.328. The van der Waals surface area contributed by atoms with Crippen LogP contribution in [-0.4, -0.2) is 11.7 Å². The molecule has 1 rings (SSSR count). The zero-order valence-corrected chi connectivity index (χ0v) is 9.29. The first kappa shape index (κ1) is 10.9. The summed E-state index contributed by atoms with van der Waals surface area (Å²) in [5.74, 6) is 1.15. The van der Waals surface area contributed by atoms with E-state index < -0.39 is 0 Å². The van der Waals surface area contributed by atoms with Crippen molar-refractivity contribution in [1.29, 1.82) is 0 Å². The summed E-state index contributed by atoms with van der Waals surface area (Å²) in [5, 5.41) is 9.41. The Morgan fingerprint density at radius 2 is 1.93 bits per heavy atom. The molecule has 1 aromatic rings. The van der Waals surface area contributed by atoms with E-state index in [9.17, 15) is 5.11 Å². The first-order chi connectivity index (χ1) is 6.45. The van der Waals surface area contributed by atoms with Crippen LogP contribution in [0.1, 0.15) is 33.3 Å². The number of hydrogen-bond acceptors (Lipinski definition) is 2. The Balaban J connectivity index is 3.16. The highest BCUT2D eigenvalue weighted by atomic mass is 16.5. The van der Waals surface area contributed by atoms with Gasteiger partial charge >= 0.3 is 0 Å². The number of phenols is 1. The van der Waals surface area contributed by atoms with Gasteiger partial charge in [-0.2, -0.15) is 0 Å². The minimum Gasteiger partial charge on any atom is -0.508 e. The third-order valence-corrected chi connectivity index (χ3v) is 2.07. The summed E-state index contributed by atoms with van der Waals surface area (Å²) in [6, 6.07) is 5.24. The smallest absolute Gasteiger partial charge is 0.123 e. The van der Waals surface area contributed by atoms with Gasteiger partial charge in [0.25, 0.3) is 0 Å². The molecular weight excluding hydrogens is 176 g/mol. The van der Waals surface area contributed by atoms with Crippen molar-refractivity contribution >= 4 is 0 Å². The lowest BCUT2D eigenvalue weighted by Crippen LogP contribution is -2.13. The molecule has 0 aliphatic heterocycles. The van der Waals surface area contributed by atoms with Gasteiger partial charge in [-0.05, 0) is 30.5 Å². The van der Waals surface area contributed by atoms with E-state index in [-0.39, 0.29) is 5.41 Å². The van der Waals surface area contributed by atoms with Crippen LogP contribution in [0, 0.1) is 0 Å². The normalized spacial score (nSPS) is 11.4. The molecular formula is C12H18O2. The Hall–Kier alpha value is -1.18. The predicted octanol–water partition coefficient (Wildman–Crippen LogP) is 3.09. The van der Waals surface area contributed by atoms with E-state index in [1.54, 1.807) is 12.1 Å². The predicted molar refractivity (Wildman–Crippen MR) is 58.0 cm³/mol. The molecule has 0 radical (unpaired) electrons. The van der Waals surface area contributed by atoms with E-state index in [1.165, 1.54) is 0 Å². The van der Waals surface area contributed by atoms with Crippen molar-refractivity contribution in [1.82, 2.24) is 0 Å². The van der Waals surface area contributed by atoms with Gasteiger partial charge < -0.3 is 9.84 Å². The zero-order valence-electron chi connectivity index (χ0n) is 9.29. The van der Waals surface area contributed by atoms with Crippen molar-refractivity contribution in [3.05, 3.63) is 23.8 Å². The zero-order chi connectivity index (χ0) is 10.8. The van der Waals surface area contributed by atoms with Crippen LogP contribution >= 0.6 is 0 Å². The fourth-order valence-corrected chi connectivity index (χ4v) is 1.39. The van der Waals surface area contributed by atoms with Crippen molar-refractivity contribution in [3.8, 4) is 11.5 Å². The van der Waals surface area contributed by atoms with E-state index in [1.807, 2.05) is 13.0 Å². The van der Waals surface area contributed by atoms with Crippen molar-refractivity contribution in [2.45, 2.75) is 33.1 Å². The molecule has 0 saturated carbocycles. The average Bonchev–Trinajstić information content (AvgIpc) is 2.07. The Kier molecular flexibility index (Phi) is 3.04. The van der Waals surface area contributed by atoms with Gasteiger partial charge in [0.1, 0.15) is 11.5 Å². The summed E-state index contributed by atoms with van der Waals surface area (Å²) < 4.78 is 5.51. The summed E-state index contributed by atoms with van der Waals surface area (Å²) >= 11 is 0. The first-order valence-corrected chi connectivity index (χ1v) is 4.91. The molecule has 2 nitrogen and oxygen atoms in total. The van der Waals surface area contributed by atoms with Gasteiger partial charge in [-0.3, -0.25) is 0 Å². The van der Waals surface area contributed by atoms with Crippen LogP contribution in [0.5, 0.6) is 11.5 Å². The molecule has 1 aromatic carbocycles. The lowest BCUT2D eigenvalue weighted by Gasteiger charge is -2.22. The quantitative estimate of drug-likeness (QED) is 0.784. The fraction of sp³-hybridized carbons (Fsp3) is 0.500. The average molecular weight is 194 g/mol. The van der Waals surface area contributed by atoms with Crippen LogP contribution in [0.15, 0.2) is 18.2 Å². The maximum Gasteiger partial charge on any atom is 0.123 e. The highest BCUT2D eigenvalue weighted by Crippen LogP contribution is 2.33. The summed E-state index contributed by atoms with van der Waals surface area (Å²) in [5.41, 5.74) is 1.03. The molecule has 0 atom stereocenters. The van der Waals surface area contributed by atoms with Crippen molar-refractivity contribution in [2.75, 3.05) is 6.61 Å². The highest BCUT2D eigenvalue weighted by Gasteiger charge is 2.19. The van der Waals surface area contributed by atoms with Gasteiger partial charge in [0.2, 0.25) is 0 Å². The topological polar surface area (TPSA) is 29.5 Å². The second kappa shape index (κ2) is 3.91. The summed E-state index contributed by atoms with van der Waals surface area (Å²) in [4.78, 5) is 0. The van der Waals surface area contributed by atoms with Gasteiger partial charge in [-0.15, -0.1) is 0 Å². The summed E-state index contributed by atoms with van der Waals surface area (Å²) in [6.45, 7) is 8.91. The van der Waals surface area contributed by atoms with Crippen LogP contribution in [0.2, 0.25) is 0 Å². The van der Waals surface area contributed by atoms with Gasteiger partial charge in [0, 0.05) is 5.56 Å². The maximum atomic E-state index is 9.41. The number of ether oxygens (including phenoxy) is 1. The molecule has 2 heteroatoms. The monoisotopic (exact) mass is 194 g/mol. The standard InChI is InChI=1S/C12H18O2/c1-5-14-11-7-6-9(13)8-10(11)12(2,3)4/h6-8,13H,5H2,1-4H3. The third kappa shape index (κ3) is 2.41. The molecule has 0 heterocycles. The molecule has 0 unspecified atom stereocenters. The SMILES string of the molecule is CCOc1ccc(O)cc1C(C)(C)C. The third-order valence-electron chi connectivity index (χ3n) is 2.07. The minimum absolute atomic E-state index is 0.0107. The Labute approximate surface area is 85.5 Å². The highest BCUT2D eigenvalue weighted by molar-refractivity contribution is 5.43. The lowest BCUT2D eigenvalue weighted by atomic mass is 9.86. The molecule has 0 aromatic heterocycles. The largest absolute Gasteiger partial charge is 0.508 e.